The molecule has 0 aliphatic carbocycles. The molecule has 0 saturated heterocycles. The van der Waals surface area contributed by atoms with E-state index in [0.717, 1.165) is 5.56 Å². The van der Waals surface area contributed by atoms with Crippen LogP contribution in [-0.4, -0.2) is 26.7 Å². The van der Waals surface area contributed by atoms with Crippen LogP contribution in [0, 0.1) is 15.9 Å². The molecule has 2 amide bonds. The first-order valence-electron chi connectivity index (χ1n) is 11.1. The maximum absolute atomic E-state index is 13.1. The van der Waals surface area contributed by atoms with Crippen molar-refractivity contribution in [2.45, 2.75) is 0 Å². The molecule has 0 aliphatic rings. The third kappa shape index (κ3) is 5.17. The summed E-state index contributed by atoms with van der Waals surface area (Å²) in [5.41, 5.74) is 3.75. The van der Waals surface area contributed by atoms with Crippen molar-refractivity contribution >= 4 is 39.9 Å². The third-order valence-corrected chi connectivity index (χ3v) is 5.60. The molecule has 182 valence electrons. The number of nitrogens with zero attached hydrogens (tertiary/aromatic N) is 2. The van der Waals surface area contributed by atoms with Crippen LogP contribution in [0.5, 0.6) is 0 Å². The molecule has 0 bridgehead atoms. The summed E-state index contributed by atoms with van der Waals surface area (Å²) in [6.45, 7) is 0. The lowest BCUT2D eigenvalue weighted by atomic mass is 10.1. The van der Waals surface area contributed by atoms with Gasteiger partial charge < -0.3 is 15.6 Å². The number of benzene rings is 4. The van der Waals surface area contributed by atoms with E-state index in [2.05, 4.69) is 20.6 Å². The fraction of sp³-hybridized carbons (Fsp3) is 0. The van der Waals surface area contributed by atoms with Gasteiger partial charge in [-0.2, -0.15) is 0 Å². The number of imidazole rings is 1. The van der Waals surface area contributed by atoms with Crippen LogP contribution < -0.4 is 10.6 Å². The first-order chi connectivity index (χ1) is 17.9. The topological polar surface area (TPSA) is 130 Å². The summed E-state index contributed by atoms with van der Waals surface area (Å²) >= 11 is 0. The van der Waals surface area contributed by atoms with Crippen LogP contribution in [0.4, 0.5) is 21.5 Å². The highest BCUT2D eigenvalue weighted by atomic mass is 19.1. The monoisotopic (exact) mass is 495 g/mol. The van der Waals surface area contributed by atoms with Crippen LogP contribution in [0.15, 0.2) is 91.0 Å². The van der Waals surface area contributed by atoms with Crippen LogP contribution >= 0.6 is 0 Å². The molecule has 0 atom stereocenters. The molecule has 0 aliphatic heterocycles. The number of halogens is 1. The molecule has 3 N–H and O–H groups in total. The van der Waals surface area contributed by atoms with Crippen molar-refractivity contribution in [1.29, 1.82) is 0 Å². The fourth-order valence-electron chi connectivity index (χ4n) is 3.67. The molecule has 5 rings (SSSR count). The van der Waals surface area contributed by atoms with Crippen molar-refractivity contribution in [3.05, 3.63) is 118 Å². The molecule has 0 saturated carbocycles. The number of rotatable bonds is 6. The van der Waals surface area contributed by atoms with Gasteiger partial charge in [0.2, 0.25) is 0 Å². The van der Waals surface area contributed by atoms with Crippen molar-refractivity contribution in [3.8, 4) is 11.4 Å². The van der Waals surface area contributed by atoms with E-state index in [0.29, 0.717) is 39.4 Å². The Hall–Kier alpha value is -5.38. The van der Waals surface area contributed by atoms with Gasteiger partial charge in [0, 0.05) is 40.2 Å². The number of nitro benzene ring substituents is 1. The average molecular weight is 495 g/mol. The normalized spacial score (nSPS) is 10.7. The highest BCUT2D eigenvalue weighted by Crippen LogP contribution is 2.24. The summed E-state index contributed by atoms with van der Waals surface area (Å²) in [6.07, 6.45) is 0. The zero-order chi connectivity index (χ0) is 25.9. The Morgan fingerprint density at radius 1 is 0.784 bits per heavy atom. The summed E-state index contributed by atoms with van der Waals surface area (Å²) in [5, 5.41) is 16.2. The van der Waals surface area contributed by atoms with Crippen molar-refractivity contribution < 1.29 is 18.9 Å². The number of non-ortho nitro benzene ring substituents is 1. The van der Waals surface area contributed by atoms with E-state index in [9.17, 15) is 24.1 Å². The standard InChI is InChI=1S/C27H18FN5O4/c28-19-6-10-21(11-7-19)30-27(35)18-5-14-23-24(15-18)32-25(31-23)16-1-8-20(9-2-16)29-26(34)17-3-12-22(13-4-17)33(36)37/h1-15H,(H,29,34)(H,30,35)(H,31,32). The van der Waals surface area contributed by atoms with Gasteiger partial charge in [-0.15, -0.1) is 0 Å². The Labute approximate surface area is 209 Å². The largest absolute Gasteiger partial charge is 0.338 e. The number of nitro groups is 1. The maximum Gasteiger partial charge on any atom is 0.269 e. The van der Waals surface area contributed by atoms with Crippen molar-refractivity contribution in [2.24, 2.45) is 0 Å². The minimum absolute atomic E-state index is 0.0904. The van der Waals surface area contributed by atoms with E-state index >= 15 is 0 Å². The van der Waals surface area contributed by atoms with Gasteiger partial charge in [0.1, 0.15) is 11.6 Å². The zero-order valence-electron chi connectivity index (χ0n) is 19.1. The molecular formula is C27H18FN5O4. The number of aromatic nitrogens is 2. The summed E-state index contributed by atoms with van der Waals surface area (Å²) in [5.74, 6) is -0.528. The van der Waals surface area contributed by atoms with E-state index in [1.54, 1.807) is 42.5 Å². The number of H-pyrrole nitrogens is 1. The highest BCUT2D eigenvalue weighted by Gasteiger charge is 2.12. The molecule has 1 heterocycles. The van der Waals surface area contributed by atoms with Gasteiger partial charge in [-0.1, -0.05) is 0 Å². The quantitative estimate of drug-likeness (QED) is 0.203. The molecule has 37 heavy (non-hydrogen) atoms. The number of carbonyl (C=O) groups is 2. The molecule has 9 nitrogen and oxygen atoms in total. The first kappa shape index (κ1) is 23.4. The summed E-state index contributed by atoms with van der Waals surface area (Å²) in [4.78, 5) is 43.0. The molecule has 0 spiro atoms. The lowest BCUT2D eigenvalue weighted by Crippen LogP contribution is -2.11. The fourth-order valence-corrected chi connectivity index (χ4v) is 3.67. The number of aromatic amines is 1. The van der Waals surface area contributed by atoms with E-state index in [-0.39, 0.29) is 17.4 Å². The third-order valence-electron chi connectivity index (χ3n) is 5.60. The number of nitrogens with one attached hydrogen (secondary N) is 3. The Kier molecular flexibility index (Phi) is 6.13. The average Bonchev–Trinajstić information content (AvgIpc) is 3.34. The van der Waals surface area contributed by atoms with E-state index < -0.39 is 10.8 Å². The van der Waals surface area contributed by atoms with Crippen molar-refractivity contribution in [1.82, 2.24) is 9.97 Å². The van der Waals surface area contributed by atoms with Gasteiger partial charge in [-0.05, 0) is 78.9 Å². The number of fused-ring (bicyclic) bond motifs is 1. The second kappa shape index (κ2) is 9.70. The minimum Gasteiger partial charge on any atom is -0.338 e. The summed E-state index contributed by atoms with van der Waals surface area (Å²) < 4.78 is 13.1. The summed E-state index contributed by atoms with van der Waals surface area (Å²) in [6, 6.07) is 22.9. The van der Waals surface area contributed by atoms with Crippen LogP contribution in [-0.2, 0) is 0 Å². The number of hydrogen-bond acceptors (Lipinski definition) is 5. The van der Waals surface area contributed by atoms with Gasteiger partial charge in [0.05, 0.1) is 16.0 Å². The van der Waals surface area contributed by atoms with Gasteiger partial charge in [-0.25, -0.2) is 9.37 Å². The molecule has 0 fully saturated rings. The predicted molar refractivity (Wildman–Crippen MR) is 137 cm³/mol. The van der Waals surface area contributed by atoms with Crippen molar-refractivity contribution in [3.63, 3.8) is 0 Å². The SMILES string of the molecule is O=C(Nc1ccc(-c2nc3ccc(C(=O)Nc4ccc(F)cc4)cc3[nH]2)cc1)c1ccc([N+](=O)[O-])cc1. The zero-order valence-corrected chi connectivity index (χ0v) is 19.1. The lowest BCUT2D eigenvalue weighted by molar-refractivity contribution is -0.384. The maximum atomic E-state index is 13.1. The molecule has 5 aromatic rings. The number of amides is 2. The van der Waals surface area contributed by atoms with Gasteiger partial charge in [0.15, 0.2) is 0 Å². The molecule has 1 aromatic heterocycles. The molecular weight excluding hydrogens is 477 g/mol. The molecule has 10 heteroatoms. The Morgan fingerprint density at radius 3 is 1.97 bits per heavy atom. The lowest BCUT2D eigenvalue weighted by Gasteiger charge is -2.06. The van der Waals surface area contributed by atoms with Crippen LogP contribution in [0.1, 0.15) is 20.7 Å². The summed E-state index contributed by atoms with van der Waals surface area (Å²) in [7, 11) is 0. The van der Waals surface area contributed by atoms with Gasteiger partial charge in [0.25, 0.3) is 17.5 Å². The molecule has 0 radical (unpaired) electrons. The van der Waals surface area contributed by atoms with Gasteiger partial charge in [-0.3, -0.25) is 19.7 Å². The highest BCUT2D eigenvalue weighted by molar-refractivity contribution is 6.06. The number of carbonyl (C=O) groups excluding carboxylic acids is 2. The smallest absolute Gasteiger partial charge is 0.269 e. The van der Waals surface area contributed by atoms with Crippen molar-refractivity contribution in [2.75, 3.05) is 10.6 Å². The molecule has 4 aromatic carbocycles. The van der Waals surface area contributed by atoms with E-state index in [1.165, 1.54) is 48.5 Å². The second-order valence-electron chi connectivity index (χ2n) is 8.11. The number of hydrogen-bond donors (Lipinski definition) is 3. The first-order valence-corrected chi connectivity index (χ1v) is 11.1. The van der Waals surface area contributed by atoms with Crippen LogP contribution in [0.2, 0.25) is 0 Å². The second-order valence-corrected chi connectivity index (χ2v) is 8.11. The van der Waals surface area contributed by atoms with Gasteiger partial charge >= 0.3 is 0 Å². The molecule has 0 unspecified atom stereocenters. The van der Waals surface area contributed by atoms with Crippen LogP contribution in [0.3, 0.4) is 0 Å². The Bertz CT molecular complexity index is 1630. The van der Waals surface area contributed by atoms with Crippen LogP contribution in [0.25, 0.3) is 22.4 Å². The van der Waals surface area contributed by atoms with E-state index in [1.807, 2.05) is 0 Å². The predicted octanol–water partition coefficient (Wildman–Crippen LogP) is 5.78. The Balaban J connectivity index is 1.28. The number of anilines is 2. The Morgan fingerprint density at radius 2 is 1.35 bits per heavy atom. The minimum atomic E-state index is -0.526. The van der Waals surface area contributed by atoms with E-state index in [4.69, 9.17) is 0 Å².